The van der Waals surface area contributed by atoms with E-state index in [1.54, 1.807) is 25.3 Å². The highest BCUT2D eigenvalue weighted by molar-refractivity contribution is 5.94. The lowest BCUT2D eigenvalue weighted by atomic mass is 10.1. The first-order chi connectivity index (χ1) is 18.7. The van der Waals surface area contributed by atoms with Crippen molar-refractivity contribution in [1.29, 1.82) is 0 Å². The lowest BCUT2D eigenvalue weighted by Gasteiger charge is -2.34. The topological polar surface area (TPSA) is 83.9 Å². The van der Waals surface area contributed by atoms with E-state index in [1.165, 1.54) is 12.1 Å². The number of fused-ring (bicyclic) bond motifs is 1. The third-order valence-electron chi connectivity index (χ3n) is 7.46. The second-order valence-corrected chi connectivity index (χ2v) is 10.2. The minimum atomic E-state index is -4.67. The van der Waals surface area contributed by atoms with Crippen molar-refractivity contribution in [3.63, 3.8) is 0 Å². The molecule has 4 aromatic rings. The van der Waals surface area contributed by atoms with Crippen molar-refractivity contribution < 1.29 is 22.3 Å². The van der Waals surface area contributed by atoms with Gasteiger partial charge in [-0.15, -0.1) is 0 Å². The first-order valence-electron chi connectivity index (χ1n) is 13.1. The maximum Gasteiger partial charge on any atom is 0.433 e. The molecule has 2 aliphatic rings. The molecule has 0 spiro atoms. The fraction of sp³-hybridized carbons (Fsp3) is 0.444. The number of halogens is 4. The molecule has 2 saturated heterocycles. The van der Waals surface area contributed by atoms with Gasteiger partial charge in [0.25, 0.3) is 0 Å². The quantitative estimate of drug-likeness (QED) is 0.348. The molecule has 206 valence electrons. The molecule has 1 aromatic carbocycles. The number of rotatable bonds is 5. The molecule has 0 aliphatic carbocycles. The molecule has 0 bridgehead atoms. The van der Waals surface area contributed by atoms with Crippen molar-refractivity contribution in [3.8, 4) is 22.6 Å². The Labute approximate surface area is 222 Å². The SMILES string of the molecule is Cc1nn(C[C@H]2CCCN2)c(C(F)(F)F)c1-c1cc(N2CCOC[C@H]2C)nc(-c2cc(F)cc3[nH]ccc23)n1. The number of nitrogens with one attached hydrogen (secondary N) is 2. The predicted octanol–water partition coefficient (Wildman–Crippen LogP) is 4.93. The summed E-state index contributed by atoms with van der Waals surface area (Å²) >= 11 is 0. The molecule has 0 radical (unpaired) electrons. The van der Waals surface area contributed by atoms with E-state index in [4.69, 9.17) is 9.72 Å². The fourth-order valence-electron chi connectivity index (χ4n) is 5.64. The van der Waals surface area contributed by atoms with Gasteiger partial charge in [-0.25, -0.2) is 14.4 Å². The summed E-state index contributed by atoms with van der Waals surface area (Å²) in [6.07, 6.45) is -1.29. The van der Waals surface area contributed by atoms with E-state index in [1.807, 2.05) is 11.8 Å². The third kappa shape index (κ3) is 4.87. The Kier molecular flexibility index (Phi) is 6.54. The molecule has 6 rings (SSSR count). The predicted molar refractivity (Wildman–Crippen MR) is 139 cm³/mol. The number of aromatic amines is 1. The highest BCUT2D eigenvalue weighted by Crippen LogP contribution is 2.41. The summed E-state index contributed by atoms with van der Waals surface area (Å²) in [5.41, 5.74) is 0.320. The van der Waals surface area contributed by atoms with E-state index in [0.29, 0.717) is 42.0 Å². The third-order valence-corrected chi connectivity index (χ3v) is 7.46. The summed E-state index contributed by atoms with van der Waals surface area (Å²) in [6.45, 7) is 5.83. The summed E-state index contributed by atoms with van der Waals surface area (Å²) in [5.74, 6) is 0.0961. The highest BCUT2D eigenvalue weighted by Gasteiger charge is 2.41. The van der Waals surface area contributed by atoms with Crippen LogP contribution in [-0.2, 0) is 17.5 Å². The summed E-state index contributed by atoms with van der Waals surface area (Å²) in [5, 5.41) is 8.25. The van der Waals surface area contributed by atoms with Gasteiger partial charge in [0, 0.05) is 41.3 Å². The minimum Gasteiger partial charge on any atom is -0.377 e. The van der Waals surface area contributed by atoms with Gasteiger partial charge in [-0.3, -0.25) is 4.68 Å². The van der Waals surface area contributed by atoms with Gasteiger partial charge in [-0.2, -0.15) is 18.3 Å². The Balaban J connectivity index is 1.56. The second-order valence-electron chi connectivity index (χ2n) is 10.2. The molecule has 3 aromatic heterocycles. The van der Waals surface area contributed by atoms with E-state index in [-0.39, 0.29) is 41.4 Å². The monoisotopic (exact) mass is 543 g/mol. The molecule has 0 saturated carbocycles. The van der Waals surface area contributed by atoms with E-state index in [0.717, 1.165) is 24.1 Å². The Morgan fingerprint density at radius 3 is 2.77 bits per heavy atom. The minimum absolute atomic E-state index is 0.0616. The molecular formula is C27H29F4N7O. The largest absolute Gasteiger partial charge is 0.433 e. The number of benzene rings is 1. The van der Waals surface area contributed by atoms with Crippen molar-refractivity contribution in [3.05, 3.63) is 47.7 Å². The van der Waals surface area contributed by atoms with Crippen molar-refractivity contribution in [1.82, 2.24) is 30.0 Å². The highest BCUT2D eigenvalue weighted by atomic mass is 19.4. The molecule has 5 heterocycles. The maximum atomic E-state index is 14.6. The van der Waals surface area contributed by atoms with Crippen LogP contribution in [0.25, 0.3) is 33.5 Å². The van der Waals surface area contributed by atoms with E-state index in [9.17, 15) is 17.6 Å². The number of nitrogens with zero attached hydrogens (tertiary/aromatic N) is 5. The standard InChI is InChI=1S/C27H29F4N7O/c1-15-14-39-9-8-37(15)23-12-22(34-26(35-23)20-10-17(28)11-21-19(20)5-7-33-21)24-16(2)36-38(25(24)27(29,30)31)13-18-4-3-6-32-18/h5,7,10-12,15,18,32-33H,3-4,6,8-9,13-14H2,1-2H3/t15-,18-/m1/s1. The molecule has 2 N–H and O–H groups in total. The van der Waals surface area contributed by atoms with Gasteiger partial charge in [-0.05, 0) is 51.4 Å². The molecule has 2 aliphatic heterocycles. The average Bonchev–Trinajstić information content (AvgIpc) is 3.64. The van der Waals surface area contributed by atoms with Crippen LogP contribution in [0.3, 0.4) is 0 Å². The second kappa shape index (κ2) is 9.91. The first kappa shape index (κ1) is 25.8. The van der Waals surface area contributed by atoms with Crippen LogP contribution >= 0.6 is 0 Å². The molecule has 39 heavy (non-hydrogen) atoms. The molecule has 2 fully saturated rings. The Morgan fingerprint density at radius 1 is 1.18 bits per heavy atom. The smallest absolute Gasteiger partial charge is 0.377 e. The van der Waals surface area contributed by atoms with Crippen LogP contribution < -0.4 is 10.2 Å². The molecule has 12 heteroatoms. The average molecular weight is 544 g/mol. The van der Waals surface area contributed by atoms with Crippen molar-refractivity contribution in [2.24, 2.45) is 0 Å². The summed E-state index contributed by atoms with van der Waals surface area (Å²) in [4.78, 5) is 14.3. The van der Waals surface area contributed by atoms with Gasteiger partial charge in [0.05, 0.1) is 42.8 Å². The number of aryl methyl sites for hydroxylation is 1. The van der Waals surface area contributed by atoms with Crippen LogP contribution in [-0.4, -0.2) is 63.1 Å². The van der Waals surface area contributed by atoms with E-state index < -0.39 is 17.7 Å². The maximum absolute atomic E-state index is 14.6. The van der Waals surface area contributed by atoms with Crippen LogP contribution in [0.4, 0.5) is 23.4 Å². The van der Waals surface area contributed by atoms with Gasteiger partial charge in [0.1, 0.15) is 11.6 Å². The number of hydrogen-bond donors (Lipinski definition) is 2. The zero-order valence-corrected chi connectivity index (χ0v) is 21.6. The molecule has 8 nitrogen and oxygen atoms in total. The number of hydrogen-bond acceptors (Lipinski definition) is 6. The first-order valence-corrected chi connectivity index (χ1v) is 13.1. The van der Waals surface area contributed by atoms with Crippen LogP contribution in [0, 0.1) is 12.7 Å². The van der Waals surface area contributed by atoms with Crippen molar-refractivity contribution in [2.75, 3.05) is 31.2 Å². The van der Waals surface area contributed by atoms with Gasteiger partial charge in [-0.1, -0.05) is 0 Å². The van der Waals surface area contributed by atoms with Crippen LogP contribution in [0.1, 0.15) is 31.2 Å². The Morgan fingerprint density at radius 2 is 2.03 bits per heavy atom. The number of alkyl halides is 3. The normalized spacial score (nSPS) is 20.3. The van der Waals surface area contributed by atoms with Crippen LogP contribution in [0.2, 0.25) is 0 Å². The molecule has 0 amide bonds. The van der Waals surface area contributed by atoms with Crippen molar-refractivity contribution in [2.45, 2.75) is 51.5 Å². The zero-order chi connectivity index (χ0) is 27.3. The number of H-pyrrole nitrogens is 1. The van der Waals surface area contributed by atoms with Gasteiger partial charge in [0.15, 0.2) is 11.5 Å². The van der Waals surface area contributed by atoms with Gasteiger partial charge >= 0.3 is 6.18 Å². The lowest BCUT2D eigenvalue weighted by molar-refractivity contribution is -0.143. The summed E-state index contributed by atoms with van der Waals surface area (Å²) < 4.78 is 65.1. The fourth-order valence-corrected chi connectivity index (χ4v) is 5.64. The molecular weight excluding hydrogens is 514 g/mol. The van der Waals surface area contributed by atoms with Crippen LogP contribution in [0.15, 0.2) is 30.5 Å². The number of ether oxygens (including phenoxy) is 1. The summed E-state index contributed by atoms with van der Waals surface area (Å²) in [6, 6.07) is 5.88. The van der Waals surface area contributed by atoms with Crippen LogP contribution in [0.5, 0.6) is 0 Å². The number of aromatic nitrogens is 5. The number of anilines is 1. The molecule has 2 atom stereocenters. The molecule has 0 unspecified atom stereocenters. The zero-order valence-electron chi connectivity index (χ0n) is 21.6. The Bertz CT molecular complexity index is 1510. The van der Waals surface area contributed by atoms with E-state index >= 15 is 0 Å². The van der Waals surface area contributed by atoms with Gasteiger partial charge in [0.2, 0.25) is 0 Å². The summed E-state index contributed by atoms with van der Waals surface area (Å²) in [7, 11) is 0. The van der Waals surface area contributed by atoms with Crippen molar-refractivity contribution >= 4 is 16.7 Å². The van der Waals surface area contributed by atoms with E-state index in [2.05, 4.69) is 20.4 Å². The lowest BCUT2D eigenvalue weighted by Crippen LogP contribution is -2.44. The Hall–Kier alpha value is -3.51. The number of morpholine rings is 1. The van der Waals surface area contributed by atoms with Gasteiger partial charge < -0.3 is 19.9 Å².